The van der Waals surface area contributed by atoms with Crippen molar-refractivity contribution in [3.05, 3.63) is 63.4 Å². The van der Waals surface area contributed by atoms with Gasteiger partial charge in [0.2, 0.25) is 0 Å². The molecule has 4 nitrogen and oxygen atoms in total. The van der Waals surface area contributed by atoms with Crippen molar-refractivity contribution in [3.63, 3.8) is 0 Å². The maximum atomic E-state index is 13.1. The molecule has 0 radical (unpaired) electrons. The summed E-state index contributed by atoms with van der Waals surface area (Å²) in [7, 11) is 0. The number of carbonyl (C=O) groups excluding carboxylic acids is 1. The van der Waals surface area contributed by atoms with E-state index >= 15 is 0 Å². The van der Waals surface area contributed by atoms with Crippen molar-refractivity contribution in [3.8, 4) is 5.75 Å². The molecule has 162 valence electrons. The van der Waals surface area contributed by atoms with Gasteiger partial charge in [0, 0.05) is 36.7 Å². The molecule has 2 atom stereocenters. The van der Waals surface area contributed by atoms with E-state index in [-0.39, 0.29) is 30.4 Å². The van der Waals surface area contributed by atoms with Crippen LogP contribution in [0.25, 0.3) is 0 Å². The van der Waals surface area contributed by atoms with Crippen molar-refractivity contribution in [2.75, 3.05) is 19.7 Å². The summed E-state index contributed by atoms with van der Waals surface area (Å²) in [4.78, 5) is 17.0. The fourth-order valence-corrected chi connectivity index (χ4v) is 4.52. The van der Waals surface area contributed by atoms with Crippen LogP contribution in [-0.2, 0) is 17.8 Å². The third kappa shape index (κ3) is 5.26. The molecule has 1 aliphatic heterocycles. The lowest BCUT2D eigenvalue weighted by molar-refractivity contribution is -0.139. The molecule has 30 heavy (non-hydrogen) atoms. The molecular formula is C23H27Cl2FN2O2. The molecule has 1 aliphatic rings. The number of halogens is 3. The van der Waals surface area contributed by atoms with Crippen LogP contribution in [0.5, 0.6) is 5.75 Å². The van der Waals surface area contributed by atoms with Gasteiger partial charge in [-0.3, -0.25) is 9.69 Å². The van der Waals surface area contributed by atoms with Gasteiger partial charge in [0.1, 0.15) is 11.6 Å². The van der Waals surface area contributed by atoms with E-state index in [4.69, 9.17) is 27.9 Å². The number of hydrogen-bond donors (Lipinski definition) is 0. The number of hydrogen-bond acceptors (Lipinski definition) is 3. The van der Waals surface area contributed by atoms with Crippen molar-refractivity contribution < 1.29 is 13.9 Å². The van der Waals surface area contributed by atoms with Crippen LogP contribution in [0.2, 0.25) is 10.0 Å². The van der Waals surface area contributed by atoms with Crippen LogP contribution in [0.15, 0.2) is 36.4 Å². The summed E-state index contributed by atoms with van der Waals surface area (Å²) in [5, 5.41) is 1.06. The molecule has 0 unspecified atom stereocenters. The van der Waals surface area contributed by atoms with E-state index in [1.807, 2.05) is 18.7 Å². The summed E-state index contributed by atoms with van der Waals surface area (Å²) in [6.45, 7) is 8.11. The average Bonchev–Trinajstić information content (AvgIpc) is 2.71. The highest BCUT2D eigenvalue weighted by atomic mass is 35.5. The molecular weight excluding hydrogens is 426 g/mol. The Hall–Kier alpha value is -1.82. The van der Waals surface area contributed by atoms with Crippen molar-refractivity contribution in [1.82, 2.24) is 9.80 Å². The van der Waals surface area contributed by atoms with Gasteiger partial charge < -0.3 is 9.64 Å². The molecule has 1 saturated heterocycles. The van der Waals surface area contributed by atoms with Gasteiger partial charge in [0.05, 0.1) is 5.02 Å². The van der Waals surface area contributed by atoms with E-state index in [1.165, 1.54) is 12.1 Å². The molecule has 7 heteroatoms. The summed E-state index contributed by atoms with van der Waals surface area (Å²) < 4.78 is 18.9. The van der Waals surface area contributed by atoms with E-state index in [9.17, 15) is 9.18 Å². The predicted octanol–water partition coefficient (Wildman–Crippen LogP) is 5.20. The van der Waals surface area contributed by atoms with Crippen LogP contribution in [0, 0.1) is 5.82 Å². The Kier molecular flexibility index (Phi) is 7.61. The smallest absolute Gasteiger partial charge is 0.260 e. The fraction of sp³-hybridized carbons (Fsp3) is 0.435. The molecule has 0 saturated carbocycles. The van der Waals surface area contributed by atoms with Crippen molar-refractivity contribution >= 4 is 29.1 Å². The number of rotatable bonds is 6. The zero-order valence-corrected chi connectivity index (χ0v) is 19.0. The first kappa shape index (κ1) is 22.9. The molecule has 0 spiro atoms. The van der Waals surface area contributed by atoms with Crippen LogP contribution in [0.4, 0.5) is 4.39 Å². The molecule has 1 heterocycles. The number of ether oxygens (including phenoxy) is 1. The molecule has 0 bridgehead atoms. The Morgan fingerprint density at radius 2 is 1.80 bits per heavy atom. The molecule has 2 aromatic rings. The number of piperazine rings is 1. The van der Waals surface area contributed by atoms with Crippen LogP contribution < -0.4 is 4.74 Å². The summed E-state index contributed by atoms with van der Waals surface area (Å²) >= 11 is 12.5. The second-order valence-corrected chi connectivity index (χ2v) is 8.57. The molecule has 2 aromatic carbocycles. The summed E-state index contributed by atoms with van der Waals surface area (Å²) in [6, 6.07) is 10.2. The Bertz CT molecular complexity index is 892. The van der Waals surface area contributed by atoms with E-state index in [0.29, 0.717) is 28.8 Å². The second kappa shape index (κ2) is 9.99. The summed E-state index contributed by atoms with van der Waals surface area (Å²) in [6.07, 6.45) is 0.688. The van der Waals surface area contributed by atoms with Crippen LogP contribution in [0.1, 0.15) is 31.9 Å². The van der Waals surface area contributed by atoms with Crippen LogP contribution in [0.3, 0.4) is 0 Å². The maximum absolute atomic E-state index is 13.1. The number of benzene rings is 2. The lowest BCUT2D eigenvalue weighted by Crippen LogP contribution is -2.58. The van der Waals surface area contributed by atoms with E-state index in [0.717, 1.165) is 24.2 Å². The normalized spacial score (nSPS) is 19.7. The third-order valence-electron chi connectivity index (χ3n) is 5.59. The number of nitrogens with zero attached hydrogens (tertiary/aromatic N) is 2. The Morgan fingerprint density at radius 3 is 2.47 bits per heavy atom. The zero-order chi connectivity index (χ0) is 21.8. The van der Waals surface area contributed by atoms with Crippen LogP contribution in [-0.4, -0.2) is 47.5 Å². The molecule has 1 amide bonds. The first-order chi connectivity index (χ1) is 14.3. The van der Waals surface area contributed by atoms with Gasteiger partial charge in [0.25, 0.3) is 5.91 Å². The standard InChI is InChI=1S/C23H27Cl2FN2O2/c1-4-19-20(24)9-10-21(23(19)25)30-14-22(29)28-12-15(2)27(11-16(28)3)13-17-5-7-18(26)8-6-17/h5-10,15-16H,4,11-14H2,1-3H3/t15-,16+/m1/s1. The van der Waals surface area contributed by atoms with E-state index < -0.39 is 0 Å². The fourth-order valence-electron chi connectivity index (χ4n) is 3.82. The Labute approximate surface area is 187 Å². The van der Waals surface area contributed by atoms with Gasteiger partial charge in [-0.1, -0.05) is 42.3 Å². The van der Waals surface area contributed by atoms with E-state index in [1.54, 1.807) is 24.3 Å². The van der Waals surface area contributed by atoms with Gasteiger partial charge in [-0.25, -0.2) is 4.39 Å². The number of amides is 1. The largest absolute Gasteiger partial charge is 0.482 e. The molecule has 0 aromatic heterocycles. The minimum Gasteiger partial charge on any atom is -0.482 e. The van der Waals surface area contributed by atoms with Gasteiger partial charge >= 0.3 is 0 Å². The molecule has 1 fully saturated rings. The quantitative estimate of drug-likeness (QED) is 0.603. The zero-order valence-electron chi connectivity index (χ0n) is 17.5. The Morgan fingerprint density at radius 1 is 1.10 bits per heavy atom. The lowest BCUT2D eigenvalue weighted by atomic mass is 10.1. The first-order valence-corrected chi connectivity index (χ1v) is 10.9. The van der Waals surface area contributed by atoms with Gasteiger partial charge in [-0.15, -0.1) is 0 Å². The Balaban J connectivity index is 1.59. The monoisotopic (exact) mass is 452 g/mol. The van der Waals surface area contributed by atoms with Crippen molar-refractivity contribution in [2.24, 2.45) is 0 Å². The highest BCUT2D eigenvalue weighted by Gasteiger charge is 2.32. The molecule has 3 rings (SSSR count). The van der Waals surface area contributed by atoms with Gasteiger partial charge in [-0.05, 0) is 55.7 Å². The van der Waals surface area contributed by atoms with Gasteiger partial charge in [-0.2, -0.15) is 0 Å². The highest BCUT2D eigenvalue weighted by Crippen LogP contribution is 2.33. The topological polar surface area (TPSA) is 32.8 Å². The van der Waals surface area contributed by atoms with E-state index in [2.05, 4.69) is 11.8 Å². The van der Waals surface area contributed by atoms with Crippen LogP contribution >= 0.6 is 23.2 Å². The maximum Gasteiger partial charge on any atom is 0.260 e. The highest BCUT2D eigenvalue weighted by molar-refractivity contribution is 6.36. The van der Waals surface area contributed by atoms with Crippen molar-refractivity contribution in [2.45, 2.75) is 45.8 Å². The molecule has 0 aliphatic carbocycles. The predicted molar refractivity (Wildman–Crippen MR) is 119 cm³/mol. The summed E-state index contributed by atoms with van der Waals surface area (Å²) in [5.74, 6) is 0.171. The summed E-state index contributed by atoms with van der Waals surface area (Å²) in [5.41, 5.74) is 1.88. The average molecular weight is 453 g/mol. The minimum absolute atomic E-state index is 0.0460. The van der Waals surface area contributed by atoms with Gasteiger partial charge in [0.15, 0.2) is 6.61 Å². The van der Waals surface area contributed by atoms with Crippen molar-refractivity contribution in [1.29, 1.82) is 0 Å². The first-order valence-electron chi connectivity index (χ1n) is 10.2. The third-order valence-corrected chi connectivity index (χ3v) is 6.36. The second-order valence-electron chi connectivity index (χ2n) is 7.78. The molecule has 0 N–H and O–H groups in total. The minimum atomic E-state index is -0.234. The SMILES string of the molecule is CCc1c(Cl)ccc(OCC(=O)N2C[C@@H](C)N(Cc3ccc(F)cc3)C[C@@H]2C)c1Cl. The lowest BCUT2D eigenvalue weighted by Gasteiger charge is -2.44. The number of carbonyl (C=O) groups is 1.